The average molecular weight is 416 g/mol. The smallest absolute Gasteiger partial charge is 0.358 e. The zero-order chi connectivity index (χ0) is 19.1. The Labute approximate surface area is 165 Å². The predicted molar refractivity (Wildman–Crippen MR) is 105 cm³/mol. The molecule has 2 N–H and O–H groups in total. The number of amides is 1. The highest BCUT2D eigenvalue weighted by Crippen LogP contribution is 2.29. The SMILES string of the molecule is CC(C)CCNc1nc(C(=O)OCC(=O)Nc2cccc(Cl)c2Cl)cs1. The lowest BCUT2D eigenvalue weighted by Crippen LogP contribution is -2.21. The molecule has 0 radical (unpaired) electrons. The third kappa shape index (κ3) is 6.16. The van der Waals surface area contributed by atoms with Crippen LogP contribution in [0.5, 0.6) is 0 Å². The van der Waals surface area contributed by atoms with Crippen LogP contribution in [-0.2, 0) is 9.53 Å². The number of aromatic nitrogens is 1. The molecule has 1 aromatic heterocycles. The molecule has 1 amide bonds. The maximum Gasteiger partial charge on any atom is 0.358 e. The van der Waals surface area contributed by atoms with E-state index in [-0.39, 0.29) is 10.7 Å². The summed E-state index contributed by atoms with van der Waals surface area (Å²) in [7, 11) is 0. The van der Waals surface area contributed by atoms with Crippen LogP contribution in [0.15, 0.2) is 23.6 Å². The molecular formula is C17H19Cl2N3O3S. The number of thiazole rings is 1. The summed E-state index contributed by atoms with van der Waals surface area (Å²) in [4.78, 5) is 28.0. The second-order valence-electron chi connectivity index (χ2n) is 5.87. The lowest BCUT2D eigenvalue weighted by atomic mass is 10.1. The molecule has 0 atom stereocenters. The van der Waals surface area contributed by atoms with E-state index in [0.717, 1.165) is 13.0 Å². The van der Waals surface area contributed by atoms with Gasteiger partial charge in [-0.2, -0.15) is 0 Å². The maximum atomic E-state index is 12.0. The molecule has 0 unspecified atom stereocenters. The number of hydrogen-bond donors (Lipinski definition) is 2. The van der Waals surface area contributed by atoms with Crippen LogP contribution in [0.1, 0.15) is 30.8 Å². The van der Waals surface area contributed by atoms with Gasteiger partial charge in [0.1, 0.15) is 0 Å². The Morgan fingerprint density at radius 3 is 2.81 bits per heavy atom. The van der Waals surface area contributed by atoms with Gasteiger partial charge in [0.2, 0.25) is 0 Å². The van der Waals surface area contributed by atoms with Gasteiger partial charge in [0, 0.05) is 11.9 Å². The largest absolute Gasteiger partial charge is 0.451 e. The molecule has 0 bridgehead atoms. The molecule has 2 rings (SSSR count). The van der Waals surface area contributed by atoms with E-state index in [1.807, 2.05) is 0 Å². The van der Waals surface area contributed by atoms with Crippen molar-refractivity contribution in [3.8, 4) is 0 Å². The van der Waals surface area contributed by atoms with Crippen LogP contribution >= 0.6 is 34.5 Å². The van der Waals surface area contributed by atoms with Crippen molar-refractivity contribution in [1.29, 1.82) is 0 Å². The van der Waals surface area contributed by atoms with Crippen LogP contribution in [-0.4, -0.2) is 30.0 Å². The van der Waals surface area contributed by atoms with Gasteiger partial charge in [0.25, 0.3) is 5.91 Å². The van der Waals surface area contributed by atoms with Crippen LogP contribution in [0.25, 0.3) is 0 Å². The molecule has 0 aliphatic heterocycles. The van der Waals surface area contributed by atoms with Crippen molar-refractivity contribution in [1.82, 2.24) is 4.98 Å². The number of benzene rings is 1. The first-order chi connectivity index (χ1) is 12.4. The number of esters is 1. The van der Waals surface area contributed by atoms with E-state index in [4.69, 9.17) is 27.9 Å². The van der Waals surface area contributed by atoms with E-state index in [1.54, 1.807) is 23.6 Å². The molecule has 9 heteroatoms. The second kappa shape index (κ2) is 9.75. The normalized spacial score (nSPS) is 10.7. The Morgan fingerprint density at radius 1 is 1.31 bits per heavy atom. The van der Waals surface area contributed by atoms with Crippen LogP contribution in [0.2, 0.25) is 10.0 Å². The number of halogens is 2. The van der Waals surface area contributed by atoms with Crippen LogP contribution in [0, 0.1) is 5.92 Å². The van der Waals surface area contributed by atoms with E-state index in [1.165, 1.54) is 11.3 Å². The molecule has 1 aromatic carbocycles. The van der Waals surface area contributed by atoms with Crippen LogP contribution in [0.4, 0.5) is 10.8 Å². The minimum absolute atomic E-state index is 0.163. The molecule has 0 saturated heterocycles. The van der Waals surface area contributed by atoms with E-state index in [9.17, 15) is 9.59 Å². The van der Waals surface area contributed by atoms with E-state index < -0.39 is 18.5 Å². The lowest BCUT2D eigenvalue weighted by molar-refractivity contribution is -0.119. The maximum absolute atomic E-state index is 12.0. The van der Waals surface area contributed by atoms with Gasteiger partial charge in [-0.3, -0.25) is 4.79 Å². The van der Waals surface area contributed by atoms with Crippen molar-refractivity contribution in [2.45, 2.75) is 20.3 Å². The van der Waals surface area contributed by atoms with E-state index in [2.05, 4.69) is 29.5 Å². The summed E-state index contributed by atoms with van der Waals surface area (Å²) in [6.45, 7) is 4.60. The average Bonchev–Trinajstić information content (AvgIpc) is 3.05. The number of carbonyl (C=O) groups excluding carboxylic acids is 2. The van der Waals surface area contributed by atoms with Gasteiger partial charge in [0.05, 0.1) is 15.7 Å². The minimum Gasteiger partial charge on any atom is -0.451 e. The summed E-state index contributed by atoms with van der Waals surface area (Å²) >= 11 is 13.2. The molecule has 0 aliphatic rings. The Balaban J connectivity index is 1.81. The number of nitrogens with zero attached hydrogens (tertiary/aromatic N) is 1. The standard InChI is InChI=1S/C17H19Cl2N3O3S/c1-10(2)6-7-20-17-22-13(9-26-17)16(24)25-8-14(23)21-12-5-3-4-11(18)15(12)19/h3-5,9-10H,6-8H2,1-2H3,(H,20,22)(H,21,23). The summed E-state index contributed by atoms with van der Waals surface area (Å²) in [5.41, 5.74) is 0.515. The van der Waals surface area contributed by atoms with Crippen molar-refractivity contribution in [3.05, 3.63) is 39.3 Å². The monoisotopic (exact) mass is 415 g/mol. The zero-order valence-electron chi connectivity index (χ0n) is 14.3. The molecule has 0 aliphatic carbocycles. The highest BCUT2D eigenvalue weighted by atomic mass is 35.5. The Morgan fingerprint density at radius 2 is 2.08 bits per heavy atom. The third-order valence-electron chi connectivity index (χ3n) is 3.27. The molecule has 0 saturated carbocycles. The number of hydrogen-bond acceptors (Lipinski definition) is 6. The Kier molecular flexibility index (Phi) is 7.68. The first-order valence-corrected chi connectivity index (χ1v) is 9.60. The fourth-order valence-corrected chi connectivity index (χ4v) is 2.96. The number of rotatable bonds is 8. The molecule has 2 aromatic rings. The fraction of sp³-hybridized carbons (Fsp3) is 0.353. The Bertz CT molecular complexity index is 780. The van der Waals surface area contributed by atoms with Crippen molar-refractivity contribution < 1.29 is 14.3 Å². The minimum atomic E-state index is -0.662. The van der Waals surface area contributed by atoms with Crippen LogP contribution < -0.4 is 10.6 Å². The van der Waals surface area contributed by atoms with Crippen LogP contribution in [0.3, 0.4) is 0 Å². The quantitative estimate of drug-likeness (QED) is 0.610. The second-order valence-corrected chi connectivity index (χ2v) is 7.52. The number of anilines is 2. The Hall–Kier alpha value is -1.83. The summed E-state index contributed by atoms with van der Waals surface area (Å²) in [6.07, 6.45) is 1.01. The molecule has 6 nitrogen and oxygen atoms in total. The van der Waals surface area contributed by atoms with E-state index in [0.29, 0.717) is 21.8 Å². The summed E-state index contributed by atoms with van der Waals surface area (Å²) in [5.74, 6) is -0.600. The molecular weight excluding hydrogens is 397 g/mol. The summed E-state index contributed by atoms with van der Waals surface area (Å²) in [5, 5.41) is 8.48. The van der Waals surface area contributed by atoms with Gasteiger partial charge in [-0.15, -0.1) is 11.3 Å². The number of nitrogens with one attached hydrogen (secondary N) is 2. The molecule has 0 spiro atoms. The van der Waals surface area contributed by atoms with Gasteiger partial charge in [-0.05, 0) is 24.5 Å². The van der Waals surface area contributed by atoms with Crippen molar-refractivity contribution in [3.63, 3.8) is 0 Å². The lowest BCUT2D eigenvalue weighted by Gasteiger charge is -2.08. The molecule has 26 heavy (non-hydrogen) atoms. The topological polar surface area (TPSA) is 80.3 Å². The molecule has 0 fully saturated rings. The van der Waals surface area contributed by atoms with Crippen molar-refractivity contribution in [2.75, 3.05) is 23.8 Å². The fourth-order valence-electron chi connectivity index (χ4n) is 1.91. The first kappa shape index (κ1) is 20.5. The molecule has 140 valence electrons. The van der Waals surface area contributed by atoms with Gasteiger partial charge in [-0.25, -0.2) is 9.78 Å². The first-order valence-electron chi connectivity index (χ1n) is 7.97. The highest BCUT2D eigenvalue weighted by Gasteiger charge is 2.15. The number of carbonyl (C=O) groups is 2. The van der Waals surface area contributed by atoms with Crippen molar-refractivity contribution in [2.24, 2.45) is 5.92 Å². The van der Waals surface area contributed by atoms with Gasteiger partial charge in [-0.1, -0.05) is 43.1 Å². The molecule has 1 heterocycles. The van der Waals surface area contributed by atoms with Gasteiger partial charge < -0.3 is 15.4 Å². The zero-order valence-corrected chi connectivity index (χ0v) is 16.7. The van der Waals surface area contributed by atoms with Gasteiger partial charge in [0.15, 0.2) is 17.4 Å². The summed E-state index contributed by atoms with van der Waals surface area (Å²) in [6, 6.07) is 4.86. The van der Waals surface area contributed by atoms with E-state index >= 15 is 0 Å². The van der Waals surface area contributed by atoms with Gasteiger partial charge >= 0.3 is 5.97 Å². The number of ether oxygens (including phenoxy) is 1. The van der Waals surface area contributed by atoms with Crippen molar-refractivity contribution >= 4 is 57.2 Å². The summed E-state index contributed by atoms with van der Waals surface area (Å²) < 4.78 is 4.98. The third-order valence-corrected chi connectivity index (χ3v) is 4.89. The predicted octanol–water partition coefficient (Wildman–Crippen LogP) is 4.70. The highest BCUT2D eigenvalue weighted by molar-refractivity contribution is 7.13.